The van der Waals surface area contributed by atoms with Gasteiger partial charge in [0.05, 0.1) is 6.20 Å². The number of hydrogen-bond donors (Lipinski definition) is 2. The minimum absolute atomic E-state index is 0.325. The quantitative estimate of drug-likeness (QED) is 0.843. The third-order valence-electron chi connectivity index (χ3n) is 3.10. The molecule has 1 atom stereocenters. The Kier molecular flexibility index (Phi) is 4.81. The third-order valence-corrected chi connectivity index (χ3v) is 4.09. The molecule has 0 spiro atoms. The van der Waals surface area contributed by atoms with Crippen molar-refractivity contribution >= 4 is 23.2 Å². The maximum Gasteiger partial charge on any atom is 0.329 e. The first kappa shape index (κ1) is 16.0. The van der Waals surface area contributed by atoms with E-state index >= 15 is 0 Å². The van der Waals surface area contributed by atoms with Crippen LogP contribution in [-0.2, 0) is 4.79 Å². The Labute approximate surface area is 131 Å². The van der Waals surface area contributed by atoms with Crippen LogP contribution in [0.25, 0.3) is 10.8 Å². The Hall–Kier alpha value is -2.35. The molecule has 0 aliphatic heterocycles. The van der Waals surface area contributed by atoms with Crippen LogP contribution >= 0.6 is 11.3 Å². The Bertz CT molecular complexity index is 674. The third kappa shape index (κ3) is 3.45. The predicted molar refractivity (Wildman–Crippen MR) is 81.6 cm³/mol. The lowest BCUT2D eigenvalue weighted by atomic mass is 9.96. The van der Waals surface area contributed by atoms with E-state index in [0.29, 0.717) is 28.6 Å². The summed E-state index contributed by atoms with van der Waals surface area (Å²) in [4.78, 5) is 36.2. The molecule has 0 aliphatic rings. The summed E-state index contributed by atoms with van der Waals surface area (Å²) >= 11 is 1.12. The molecule has 2 aromatic rings. The van der Waals surface area contributed by atoms with Gasteiger partial charge in [-0.2, -0.15) is 0 Å². The monoisotopic (exact) mass is 320 g/mol. The highest BCUT2D eigenvalue weighted by molar-refractivity contribution is 7.16. The molecular weight excluding hydrogens is 304 g/mol. The maximum atomic E-state index is 12.2. The molecule has 1 amide bonds. The standard InChI is InChI=1S/C14H16N4O3S/c1-3-5-14(2,13(20)21)18-11(19)9-8-17-12(22-9)10-15-6-4-7-16-10/h4,6-8H,3,5H2,1-2H3,(H,18,19)(H,20,21). The van der Waals surface area contributed by atoms with Gasteiger partial charge in [-0.1, -0.05) is 13.3 Å². The number of thiazole rings is 1. The smallest absolute Gasteiger partial charge is 0.329 e. The van der Waals surface area contributed by atoms with Crippen molar-refractivity contribution in [2.45, 2.75) is 32.2 Å². The van der Waals surface area contributed by atoms with E-state index in [4.69, 9.17) is 0 Å². The molecule has 1 unspecified atom stereocenters. The number of aromatic nitrogens is 3. The van der Waals surface area contributed by atoms with Crippen LogP contribution in [0.5, 0.6) is 0 Å². The van der Waals surface area contributed by atoms with Crippen molar-refractivity contribution < 1.29 is 14.7 Å². The number of hydrogen-bond acceptors (Lipinski definition) is 6. The summed E-state index contributed by atoms with van der Waals surface area (Å²) in [7, 11) is 0. The lowest BCUT2D eigenvalue weighted by Crippen LogP contribution is -2.51. The summed E-state index contributed by atoms with van der Waals surface area (Å²) in [5.41, 5.74) is -1.29. The summed E-state index contributed by atoms with van der Waals surface area (Å²) < 4.78 is 0. The SMILES string of the molecule is CCCC(C)(NC(=O)c1cnc(-c2ncccn2)s1)C(=O)O. The van der Waals surface area contributed by atoms with Crippen molar-refractivity contribution in [1.82, 2.24) is 20.3 Å². The van der Waals surface area contributed by atoms with Crippen LogP contribution in [0, 0.1) is 0 Å². The molecule has 2 rings (SSSR count). The van der Waals surface area contributed by atoms with Gasteiger partial charge in [-0.25, -0.2) is 19.7 Å². The van der Waals surface area contributed by atoms with Crippen LogP contribution in [0.3, 0.4) is 0 Å². The number of nitrogens with one attached hydrogen (secondary N) is 1. The molecule has 0 bridgehead atoms. The molecule has 0 fully saturated rings. The number of carbonyl (C=O) groups excluding carboxylic acids is 1. The summed E-state index contributed by atoms with van der Waals surface area (Å²) in [6.45, 7) is 3.36. The van der Waals surface area contributed by atoms with Crippen molar-refractivity contribution in [3.05, 3.63) is 29.5 Å². The van der Waals surface area contributed by atoms with Gasteiger partial charge in [0, 0.05) is 12.4 Å². The van der Waals surface area contributed by atoms with E-state index in [0.717, 1.165) is 11.3 Å². The highest BCUT2D eigenvalue weighted by Crippen LogP contribution is 2.22. The van der Waals surface area contributed by atoms with Gasteiger partial charge in [-0.15, -0.1) is 11.3 Å². The van der Waals surface area contributed by atoms with Crippen molar-refractivity contribution in [1.29, 1.82) is 0 Å². The summed E-state index contributed by atoms with van der Waals surface area (Å²) in [5.74, 6) is -1.09. The topological polar surface area (TPSA) is 105 Å². The van der Waals surface area contributed by atoms with Gasteiger partial charge in [0.1, 0.15) is 10.4 Å². The van der Waals surface area contributed by atoms with Crippen LogP contribution in [0.4, 0.5) is 0 Å². The van der Waals surface area contributed by atoms with E-state index in [-0.39, 0.29) is 0 Å². The Balaban J connectivity index is 2.17. The van der Waals surface area contributed by atoms with Gasteiger partial charge in [-0.05, 0) is 19.4 Å². The molecule has 0 aliphatic carbocycles. The molecule has 0 saturated heterocycles. The van der Waals surface area contributed by atoms with Gasteiger partial charge < -0.3 is 10.4 Å². The fourth-order valence-electron chi connectivity index (χ4n) is 1.93. The van der Waals surface area contributed by atoms with E-state index in [9.17, 15) is 14.7 Å². The molecular formula is C14H16N4O3S. The Morgan fingerprint density at radius 1 is 1.32 bits per heavy atom. The van der Waals surface area contributed by atoms with Crippen LogP contribution in [0.15, 0.2) is 24.7 Å². The minimum Gasteiger partial charge on any atom is -0.480 e. The van der Waals surface area contributed by atoms with E-state index in [1.807, 2.05) is 6.92 Å². The molecule has 8 heteroatoms. The zero-order chi connectivity index (χ0) is 16.2. The van der Waals surface area contributed by atoms with E-state index in [2.05, 4.69) is 20.3 Å². The molecule has 116 valence electrons. The minimum atomic E-state index is -1.29. The second-order valence-electron chi connectivity index (χ2n) is 4.94. The van der Waals surface area contributed by atoms with Gasteiger partial charge >= 0.3 is 5.97 Å². The van der Waals surface area contributed by atoms with Crippen molar-refractivity contribution in [2.24, 2.45) is 0 Å². The lowest BCUT2D eigenvalue weighted by Gasteiger charge is -2.25. The van der Waals surface area contributed by atoms with Crippen LogP contribution in [0.1, 0.15) is 36.4 Å². The first-order valence-corrected chi connectivity index (χ1v) is 7.57. The average Bonchev–Trinajstić information content (AvgIpc) is 2.98. The van der Waals surface area contributed by atoms with Gasteiger partial charge in [-0.3, -0.25) is 4.79 Å². The zero-order valence-electron chi connectivity index (χ0n) is 12.2. The van der Waals surface area contributed by atoms with E-state index in [1.165, 1.54) is 13.1 Å². The summed E-state index contributed by atoms with van der Waals surface area (Å²) in [6.07, 6.45) is 5.58. The highest BCUT2D eigenvalue weighted by atomic mass is 32.1. The summed E-state index contributed by atoms with van der Waals surface area (Å²) in [5, 5.41) is 12.4. The zero-order valence-corrected chi connectivity index (χ0v) is 13.1. The number of aliphatic carboxylic acids is 1. The van der Waals surface area contributed by atoms with Crippen molar-refractivity contribution in [2.75, 3.05) is 0 Å². The normalized spacial score (nSPS) is 13.4. The Morgan fingerprint density at radius 2 is 2.00 bits per heavy atom. The number of carbonyl (C=O) groups is 2. The van der Waals surface area contributed by atoms with Crippen LogP contribution < -0.4 is 5.32 Å². The second-order valence-corrected chi connectivity index (χ2v) is 5.97. The molecule has 2 heterocycles. The maximum absolute atomic E-state index is 12.2. The van der Waals surface area contributed by atoms with Gasteiger partial charge in [0.15, 0.2) is 10.8 Å². The molecule has 0 aromatic carbocycles. The first-order valence-electron chi connectivity index (χ1n) is 6.75. The number of nitrogens with zero attached hydrogens (tertiary/aromatic N) is 3. The number of rotatable bonds is 6. The fourth-order valence-corrected chi connectivity index (χ4v) is 2.69. The predicted octanol–water partition coefficient (Wildman–Crippen LogP) is 1.97. The Morgan fingerprint density at radius 3 is 2.59 bits per heavy atom. The van der Waals surface area contributed by atoms with Crippen LogP contribution in [0.2, 0.25) is 0 Å². The lowest BCUT2D eigenvalue weighted by molar-refractivity contribution is -0.144. The summed E-state index contributed by atoms with van der Waals surface area (Å²) in [6, 6.07) is 1.69. The molecule has 0 saturated carbocycles. The highest BCUT2D eigenvalue weighted by Gasteiger charge is 2.34. The first-order chi connectivity index (χ1) is 10.5. The van der Waals surface area contributed by atoms with Crippen molar-refractivity contribution in [3.8, 4) is 10.8 Å². The molecule has 2 aromatic heterocycles. The second kappa shape index (κ2) is 6.61. The molecule has 7 nitrogen and oxygen atoms in total. The van der Waals surface area contributed by atoms with Crippen LogP contribution in [-0.4, -0.2) is 37.5 Å². The molecule has 0 radical (unpaired) electrons. The number of carboxylic acid groups (broad SMARTS) is 1. The largest absolute Gasteiger partial charge is 0.480 e. The fraction of sp³-hybridized carbons (Fsp3) is 0.357. The van der Waals surface area contributed by atoms with E-state index < -0.39 is 17.4 Å². The van der Waals surface area contributed by atoms with Crippen molar-refractivity contribution in [3.63, 3.8) is 0 Å². The number of carboxylic acids is 1. The average molecular weight is 320 g/mol. The van der Waals surface area contributed by atoms with E-state index in [1.54, 1.807) is 18.5 Å². The number of amides is 1. The molecule has 22 heavy (non-hydrogen) atoms. The van der Waals surface area contributed by atoms with Gasteiger partial charge in [0.2, 0.25) is 0 Å². The van der Waals surface area contributed by atoms with Gasteiger partial charge in [0.25, 0.3) is 5.91 Å². The molecule has 2 N–H and O–H groups in total.